The summed E-state index contributed by atoms with van der Waals surface area (Å²) in [5.41, 5.74) is 2.37. The van der Waals surface area contributed by atoms with Crippen LogP contribution >= 0.6 is 11.6 Å². The van der Waals surface area contributed by atoms with Crippen molar-refractivity contribution in [3.63, 3.8) is 0 Å². The second-order valence-corrected chi connectivity index (χ2v) is 13.1. The first-order valence-electron chi connectivity index (χ1n) is 16.1. The summed E-state index contributed by atoms with van der Waals surface area (Å²) in [6.07, 6.45) is -4.06. The number of aliphatic hydroxyl groups is 3. The van der Waals surface area contributed by atoms with Gasteiger partial charge in [-0.05, 0) is 66.8 Å². The zero-order chi connectivity index (χ0) is 35.9. The number of anilines is 2. The predicted octanol–water partition coefficient (Wildman–Crippen LogP) is 4.10. The Morgan fingerprint density at radius 3 is 2.58 bits per heavy atom. The standard InChI is InChI=1S/C35H35ClF2N4O8/c1-16-3-2-4-25(42-12-10-18(14-26(42)43)27-22(37)8-7-21(36)28(27)38)24-13-17(9-11-39-24)20-6-5-19(15-23(20)41-33(16)47)40-34-31(46)29(44)30(45)32(50-34)35(48)49/h5-9,11,13-16,25,29-32,34,40,44-46H,2-4,10,12H2,1H3,(H,41,47)(H,48,49)/t16-,25+,29+,30+,31-,32+,34?/m1/s1. The van der Waals surface area contributed by atoms with Gasteiger partial charge in [-0.1, -0.05) is 31.0 Å². The molecule has 1 saturated heterocycles. The molecule has 3 aromatic rings. The molecule has 2 amide bonds. The molecule has 0 spiro atoms. The zero-order valence-corrected chi connectivity index (χ0v) is 27.5. The van der Waals surface area contributed by atoms with Crippen molar-refractivity contribution in [3.05, 3.63) is 82.7 Å². The molecule has 3 aliphatic heterocycles. The number of carbonyl (C=O) groups is 3. The van der Waals surface area contributed by atoms with Gasteiger partial charge in [0.1, 0.15) is 24.1 Å². The van der Waals surface area contributed by atoms with Gasteiger partial charge in [0.25, 0.3) is 0 Å². The summed E-state index contributed by atoms with van der Waals surface area (Å²) in [5, 5.41) is 45.8. The highest BCUT2D eigenvalue weighted by molar-refractivity contribution is 6.31. The smallest absolute Gasteiger partial charge is 0.335 e. The number of ether oxygens (including phenoxy) is 1. The molecule has 2 aromatic carbocycles. The molecule has 6 rings (SSSR count). The fourth-order valence-electron chi connectivity index (χ4n) is 6.61. The summed E-state index contributed by atoms with van der Waals surface area (Å²) in [4.78, 5) is 44.7. The first-order chi connectivity index (χ1) is 23.8. The minimum Gasteiger partial charge on any atom is -0.479 e. The lowest BCUT2D eigenvalue weighted by Crippen LogP contribution is -2.61. The molecular formula is C35H35ClF2N4O8. The molecule has 264 valence electrons. The van der Waals surface area contributed by atoms with E-state index in [2.05, 4.69) is 15.6 Å². The van der Waals surface area contributed by atoms with Crippen molar-refractivity contribution in [2.45, 2.75) is 69.3 Å². The number of aliphatic hydroxyl groups excluding tert-OH is 3. The third-order valence-electron chi connectivity index (χ3n) is 9.38. The lowest BCUT2D eigenvalue weighted by molar-refractivity contribution is -0.221. The van der Waals surface area contributed by atoms with Crippen LogP contribution in [-0.2, 0) is 19.1 Å². The van der Waals surface area contributed by atoms with Gasteiger partial charge < -0.3 is 40.7 Å². The van der Waals surface area contributed by atoms with Gasteiger partial charge in [-0.25, -0.2) is 13.6 Å². The summed E-state index contributed by atoms with van der Waals surface area (Å²) in [5.74, 6) is -4.42. The average Bonchev–Trinajstić information content (AvgIpc) is 3.08. The minimum atomic E-state index is -1.85. The van der Waals surface area contributed by atoms with Crippen LogP contribution in [0.5, 0.6) is 0 Å². The number of halogens is 3. The summed E-state index contributed by atoms with van der Waals surface area (Å²) in [7, 11) is 0. The van der Waals surface area contributed by atoms with Crippen LogP contribution in [0.1, 0.15) is 49.9 Å². The van der Waals surface area contributed by atoms with E-state index in [1.807, 2.05) is 0 Å². The minimum absolute atomic E-state index is 0.165. The second-order valence-electron chi connectivity index (χ2n) is 12.7. The molecule has 3 aliphatic rings. The van der Waals surface area contributed by atoms with E-state index in [1.165, 1.54) is 6.08 Å². The highest BCUT2D eigenvalue weighted by Gasteiger charge is 2.47. The van der Waals surface area contributed by atoms with Crippen molar-refractivity contribution in [2.24, 2.45) is 5.92 Å². The Kier molecular flexibility index (Phi) is 10.2. The van der Waals surface area contributed by atoms with Crippen LogP contribution in [0.2, 0.25) is 5.02 Å². The van der Waals surface area contributed by atoms with E-state index in [1.54, 1.807) is 48.4 Å². The van der Waals surface area contributed by atoms with E-state index in [4.69, 9.17) is 16.3 Å². The molecule has 12 nitrogen and oxygen atoms in total. The van der Waals surface area contributed by atoms with Crippen LogP contribution < -0.4 is 10.6 Å². The number of hydrogen-bond acceptors (Lipinski definition) is 9. The molecule has 2 bridgehead atoms. The first kappa shape index (κ1) is 35.4. The van der Waals surface area contributed by atoms with Crippen molar-refractivity contribution >= 4 is 46.3 Å². The Bertz CT molecular complexity index is 1860. The molecule has 7 atom stereocenters. The van der Waals surface area contributed by atoms with E-state index in [0.29, 0.717) is 47.5 Å². The van der Waals surface area contributed by atoms with Gasteiger partial charge in [-0.3, -0.25) is 14.6 Å². The highest BCUT2D eigenvalue weighted by Crippen LogP contribution is 2.38. The van der Waals surface area contributed by atoms with Crippen molar-refractivity contribution in [1.29, 1.82) is 0 Å². The number of aromatic nitrogens is 1. The van der Waals surface area contributed by atoms with Crippen LogP contribution in [-0.4, -0.2) is 85.3 Å². The number of fused-ring (bicyclic) bond motifs is 4. The molecule has 15 heteroatoms. The van der Waals surface area contributed by atoms with Gasteiger partial charge in [0.15, 0.2) is 18.1 Å². The van der Waals surface area contributed by atoms with Gasteiger partial charge in [0.2, 0.25) is 11.8 Å². The summed E-state index contributed by atoms with van der Waals surface area (Å²) in [6.45, 7) is 1.94. The van der Waals surface area contributed by atoms with Crippen molar-refractivity contribution < 1.29 is 48.3 Å². The van der Waals surface area contributed by atoms with Gasteiger partial charge >= 0.3 is 5.97 Å². The van der Waals surface area contributed by atoms with E-state index < -0.39 is 66.1 Å². The number of nitrogens with one attached hydrogen (secondary N) is 2. The van der Waals surface area contributed by atoms with E-state index in [0.717, 1.165) is 12.1 Å². The molecular weight excluding hydrogens is 678 g/mol. The molecule has 1 aromatic heterocycles. The number of aliphatic carboxylic acids is 1. The van der Waals surface area contributed by atoms with Crippen LogP contribution in [0.15, 0.2) is 54.7 Å². The van der Waals surface area contributed by atoms with Gasteiger partial charge in [-0.2, -0.15) is 0 Å². The average molecular weight is 713 g/mol. The lowest BCUT2D eigenvalue weighted by atomic mass is 9.92. The van der Waals surface area contributed by atoms with Crippen molar-refractivity contribution in [3.8, 4) is 11.1 Å². The zero-order valence-electron chi connectivity index (χ0n) is 26.7. The second kappa shape index (κ2) is 14.4. The Labute approximate surface area is 290 Å². The maximum Gasteiger partial charge on any atom is 0.335 e. The lowest BCUT2D eigenvalue weighted by Gasteiger charge is -2.39. The number of hydrogen-bond donors (Lipinski definition) is 6. The Morgan fingerprint density at radius 2 is 1.84 bits per heavy atom. The number of carbonyl (C=O) groups excluding carboxylic acids is 2. The third kappa shape index (κ3) is 6.94. The Balaban J connectivity index is 1.32. The third-order valence-corrected chi connectivity index (χ3v) is 9.68. The maximum absolute atomic E-state index is 14.8. The normalized spacial score (nSPS) is 27.3. The van der Waals surface area contributed by atoms with Crippen molar-refractivity contribution in [1.82, 2.24) is 9.88 Å². The number of carboxylic acids is 1. The number of nitrogens with zero attached hydrogens (tertiary/aromatic N) is 2. The van der Waals surface area contributed by atoms with Gasteiger partial charge in [0, 0.05) is 36.0 Å². The largest absolute Gasteiger partial charge is 0.479 e. The molecule has 0 saturated carbocycles. The number of benzene rings is 2. The van der Waals surface area contributed by atoms with Gasteiger partial charge in [0.05, 0.1) is 28.0 Å². The molecule has 1 unspecified atom stereocenters. The number of pyridine rings is 1. The first-order valence-corrected chi connectivity index (χ1v) is 16.5. The quantitative estimate of drug-likeness (QED) is 0.211. The van der Waals surface area contributed by atoms with E-state index in [9.17, 15) is 43.6 Å². The number of amides is 2. The van der Waals surface area contributed by atoms with Gasteiger partial charge in [-0.15, -0.1) is 0 Å². The van der Waals surface area contributed by atoms with Crippen molar-refractivity contribution in [2.75, 3.05) is 17.2 Å². The number of rotatable bonds is 5. The summed E-state index contributed by atoms with van der Waals surface area (Å²) in [6, 6.07) is 10.1. The summed E-state index contributed by atoms with van der Waals surface area (Å²) < 4.78 is 34.8. The fourth-order valence-corrected chi connectivity index (χ4v) is 6.76. The fraction of sp³-hybridized carbons (Fsp3) is 0.371. The Morgan fingerprint density at radius 1 is 1.06 bits per heavy atom. The van der Waals surface area contributed by atoms with E-state index >= 15 is 0 Å². The maximum atomic E-state index is 14.8. The van der Waals surface area contributed by atoms with Crippen LogP contribution in [0.4, 0.5) is 20.2 Å². The number of carboxylic acid groups (broad SMARTS) is 1. The molecule has 1 fully saturated rings. The molecule has 0 aliphatic carbocycles. The molecule has 0 radical (unpaired) electrons. The molecule has 50 heavy (non-hydrogen) atoms. The van der Waals surface area contributed by atoms with Crippen LogP contribution in [0, 0.1) is 17.6 Å². The SMILES string of the molecule is C[C@@H]1CCC[C@H](N2CCC(c3c(F)ccc(Cl)c3F)=CC2=O)c2cc(ccn2)-c2ccc(NC3O[C@H](C(=O)O)[C@@H](O)[C@H](O)[C@H]3O)cc2NC1=O. The monoisotopic (exact) mass is 712 g/mol. The summed E-state index contributed by atoms with van der Waals surface area (Å²) >= 11 is 5.90. The molecule has 4 heterocycles. The van der Waals surface area contributed by atoms with E-state index in [-0.39, 0.29) is 35.0 Å². The predicted molar refractivity (Wildman–Crippen MR) is 178 cm³/mol. The van der Waals surface area contributed by atoms with Crippen LogP contribution in [0.25, 0.3) is 16.7 Å². The van der Waals surface area contributed by atoms with Crippen LogP contribution in [0.3, 0.4) is 0 Å². The molecule has 6 N–H and O–H groups in total. The topological polar surface area (TPSA) is 182 Å². The highest BCUT2D eigenvalue weighted by atomic mass is 35.5. The Hall–Kier alpha value is -4.47.